The molecule has 1 atom stereocenters. The molecule has 3 aromatic rings. The lowest BCUT2D eigenvalue weighted by Gasteiger charge is -2.23. The van der Waals surface area contributed by atoms with Crippen molar-refractivity contribution >= 4 is 23.5 Å². The molecule has 0 saturated carbocycles. The van der Waals surface area contributed by atoms with Gasteiger partial charge in [0.2, 0.25) is 0 Å². The van der Waals surface area contributed by atoms with Gasteiger partial charge in [0.15, 0.2) is 0 Å². The number of carbonyl (C=O) groups excluding carboxylic acids is 2. The summed E-state index contributed by atoms with van der Waals surface area (Å²) in [6.07, 6.45) is 2.25. The quantitative estimate of drug-likeness (QED) is 0.524. The molecule has 36 heavy (non-hydrogen) atoms. The number of methoxy groups -OCH3 is 1. The lowest BCUT2D eigenvalue weighted by molar-refractivity contribution is 0.0526. The molecule has 0 spiro atoms. The van der Waals surface area contributed by atoms with Crippen molar-refractivity contribution in [2.75, 3.05) is 36.6 Å². The number of ether oxygens (including phenoxy) is 2. The van der Waals surface area contributed by atoms with E-state index in [2.05, 4.69) is 4.98 Å². The lowest BCUT2D eigenvalue weighted by Crippen LogP contribution is -2.30. The van der Waals surface area contributed by atoms with Crippen LogP contribution in [0.4, 0.5) is 16.0 Å². The van der Waals surface area contributed by atoms with Gasteiger partial charge < -0.3 is 20.1 Å². The zero-order valence-corrected chi connectivity index (χ0v) is 20.0. The van der Waals surface area contributed by atoms with Gasteiger partial charge >= 0.3 is 5.97 Å². The van der Waals surface area contributed by atoms with Gasteiger partial charge in [-0.15, -0.1) is 0 Å². The van der Waals surface area contributed by atoms with Gasteiger partial charge in [-0.05, 0) is 43.7 Å². The van der Waals surface area contributed by atoms with Gasteiger partial charge in [0.05, 0.1) is 31.5 Å². The van der Waals surface area contributed by atoms with E-state index < -0.39 is 11.8 Å². The molecule has 186 valence electrons. The van der Waals surface area contributed by atoms with Gasteiger partial charge in [-0.2, -0.15) is 0 Å². The van der Waals surface area contributed by atoms with Crippen molar-refractivity contribution < 1.29 is 23.5 Å². The molecule has 5 rings (SSSR count). The third-order valence-electron chi connectivity index (χ3n) is 6.44. The number of fused-ring (bicyclic) bond motifs is 1. The predicted octanol–water partition coefficient (Wildman–Crippen LogP) is 3.17. The Bertz CT molecular complexity index is 1350. The number of nitrogens with two attached hydrogens (primary N) is 1. The van der Waals surface area contributed by atoms with Gasteiger partial charge in [0.1, 0.15) is 28.8 Å². The fourth-order valence-electron chi connectivity index (χ4n) is 4.71. The number of pyridine rings is 2. The van der Waals surface area contributed by atoms with Crippen LogP contribution < -0.4 is 20.3 Å². The molecule has 9 nitrogen and oxygen atoms in total. The first-order chi connectivity index (χ1) is 17.4. The van der Waals surface area contributed by atoms with Crippen molar-refractivity contribution in [1.82, 2.24) is 9.97 Å². The standard InChI is InChI=1S/C26H26FN5O4/c1-3-36-26(34)17-7-8-21(30-24(17)31-12-10-15(28)13-31)32-14-18-16(25(32)33)9-11-29-23(18)22-19(27)5-4-6-20(22)35-2/h4-9,11,15H,3,10,12-14,28H2,1-2H3/t15-/m1/s1. The number of hydrogen-bond acceptors (Lipinski definition) is 8. The van der Waals surface area contributed by atoms with Crippen molar-refractivity contribution in [2.24, 2.45) is 5.73 Å². The summed E-state index contributed by atoms with van der Waals surface area (Å²) in [6, 6.07) is 9.35. The zero-order valence-electron chi connectivity index (χ0n) is 20.0. The number of nitrogens with zero attached hydrogens (tertiary/aromatic N) is 4. The fourth-order valence-corrected chi connectivity index (χ4v) is 4.71. The Morgan fingerprint density at radius 3 is 2.81 bits per heavy atom. The number of hydrogen-bond donors (Lipinski definition) is 1. The smallest absolute Gasteiger partial charge is 0.341 e. The minimum atomic E-state index is -0.495. The second-order valence-corrected chi connectivity index (χ2v) is 8.65. The van der Waals surface area contributed by atoms with Crippen LogP contribution in [0.25, 0.3) is 11.3 Å². The maximum atomic E-state index is 14.9. The molecule has 4 heterocycles. The summed E-state index contributed by atoms with van der Waals surface area (Å²) in [6.45, 7) is 3.28. The number of esters is 1. The average molecular weight is 492 g/mol. The molecule has 0 aliphatic carbocycles. The largest absolute Gasteiger partial charge is 0.496 e. The molecule has 1 fully saturated rings. The lowest BCUT2D eigenvalue weighted by atomic mass is 10.0. The zero-order chi connectivity index (χ0) is 25.4. The molecule has 2 N–H and O–H groups in total. The van der Waals surface area contributed by atoms with Gasteiger partial charge in [-0.1, -0.05) is 6.07 Å². The third-order valence-corrected chi connectivity index (χ3v) is 6.44. The Labute approximate surface area is 207 Å². The summed E-state index contributed by atoms with van der Waals surface area (Å²) in [7, 11) is 1.46. The van der Waals surface area contributed by atoms with Gasteiger partial charge in [-0.3, -0.25) is 14.7 Å². The van der Waals surface area contributed by atoms with Crippen LogP contribution >= 0.6 is 0 Å². The first-order valence-electron chi connectivity index (χ1n) is 11.7. The summed E-state index contributed by atoms with van der Waals surface area (Å²) in [5.41, 5.74) is 7.94. The number of anilines is 2. The van der Waals surface area contributed by atoms with E-state index in [4.69, 9.17) is 20.2 Å². The van der Waals surface area contributed by atoms with Crippen LogP contribution in [0.5, 0.6) is 5.75 Å². The first kappa shape index (κ1) is 23.7. The summed E-state index contributed by atoms with van der Waals surface area (Å²) in [5, 5.41) is 0. The maximum absolute atomic E-state index is 14.9. The number of benzene rings is 1. The Kier molecular flexibility index (Phi) is 6.27. The summed E-state index contributed by atoms with van der Waals surface area (Å²) < 4.78 is 25.4. The Morgan fingerprint density at radius 1 is 1.25 bits per heavy atom. The van der Waals surface area contributed by atoms with Crippen molar-refractivity contribution in [2.45, 2.75) is 25.9 Å². The van der Waals surface area contributed by atoms with Crippen LogP contribution in [0.3, 0.4) is 0 Å². The Hall–Kier alpha value is -4.05. The van der Waals surface area contributed by atoms with Crippen LogP contribution in [0.2, 0.25) is 0 Å². The number of rotatable bonds is 6. The Morgan fingerprint density at radius 2 is 2.08 bits per heavy atom. The van der Waals surface area contributed by atoms with Gasteiger partial charge in [0, 0.05) is 36.5 Å². The summed E-state index contributed by atoms with van der Waals surface area (Å²) in [5.74, 6) is -0.148. The second-order valence-electron chi connectivity index (χ2n) is 8.65. The normalized spacial score (nSPS) is 16.9. The van der Waals surface area contributed by atoms with Crippen molar-refractivity contribution in [3.8, 4) is 17.0 Å². The van der Waals surface area contributed by atoms with Crippen LogP contribution in [0.1, 0.15) is 39.6 Å². The van der Waals surface area contributed by atoms with E-state index in [0.717, 1.165) is 6.42 Å². The highest BCUT2D eigenvalue weighted by molar-refractivity contribution is 6.11. The van der Waals surface area contributed by atoms with Crippen LogP contribution in [0.15, 0.2) is 42.6 Å². The summed E-state index contributed by atoms with van der Waals surface area (Å²) >= 11 is 0. The maximum Gasteiger partial charge on any atom is 0.341 e. The highest BCUT2D eigenvalue weighted by atomic mass is 19.1. The molecule has 2 aliphatic rings. The molecule has 1 amide bonds. The molecule has 1 saturated heterocycles. The number of carbonyl (C=O) groups is 2. The monoisotopic (exact) mass is 491 g/mol. The highest BCUT2D eigenvalue weighted by Gasteiger charge is 2.35. The second kappa shape index (κ2) is 9.54. The number of amides is 1. The van der Waals surface area contributed by atoms with Crippen LogP contribution in [-0.4, -0.2) is 54.7 Å². The van der Waals surface area contributed by atoms with E-state index in [9.17, 15) is 14.0 Å². The van der Waals surface area contributed by atoms with Crippen LogP contribution in [0, 0.1) is 5.82 Å². The molecular formula is C26H26FN5O4. The van der Waals surface area contributed by atoms with Gasteiger partial charge in [-0.25, -0.2) is 14.2 Å². The minimum absolute atomic E-state index is 0.0347. The van der Waals surface area contributed by atoms with E-state index in [-0.39, 0.29) is 30.7 Å². The Balaban J connectivity index is 1.56. The van der Waals surface area contributed by atoms with Gasteiger partial charge in [0.25, 0.3) is 5.91 Å². The fraction of sp³-hybridized carbons (Fsp3) is 0.308. The molecule has 2 aromatic heterocycles. The summed E-state index contributed by atoms with van der Waals surface area (Å²) in [4.78, 5) is 38.6. The molecule has 0 radical (unpaired) electrons. The van der Waals surface area contributed by atoms with E-state index in [0.29, 0.717) is 52.9 Å². The van der Waals surface area contributed by atoms with Crippen molar-refractivity contribution in [3.05, 3.63) is 65.1 Å². The first-order valence-corrected chi connectivity index (χ1v) is 11.7. The minimum Gasteiger partial charge on any atom is -0.496 e. The van der Waals surface area contributed by atoms with Crippen LogP contribution in [-0.2, 0) is 11.3 Å². The van der Waals surface area contributed by atoms with E-state index >= 15 is 0 Å². The number of aromatic nitrogens is 2. The SMILES string of the molecule is CCOC(=O)c1ccc(N2Cc3c(ccnc3-c3c(F)cccc3OC)C2=O)nc1N1CC[C@@H](N)C1. The van der Waals surface area contributed by atoms with E-state index in [1.165, 1.54) is 24.3 Å². The third kappa shape index (κ3) is 4.03. The molecule has 0 unspecified atom stereocenters. The highest BCUT2D eigenvalue weighted by Crippen LogP contribution is 2.39. The molecule has 10 heteroatoms. The number of halogens is 1. The molecule has 1 aromatic carbocycles. The van der Waals surface area contributed by atoms with E-state index in [1.807, 2.05) is 4.90 Å². The van der Waals surface area contributed by atoms with Crippen molar-refractivity contribution in [3.63, 3.8) is 0 Å². The topological polar surface area (TPSA) is 111 Å². The molecule has 0 bridgehead atoms. The molecule has 2 aliphatic heterocycles. The van der Waals surface area contributed by atoms with Crippen molar-refractivity contribution in [1.29, 1.82) is 0 Å². The average Bonchev–Trinajstić information content (AvgIpc) is 3.47. The van der Waals surface area contributed by atoms with E-state index in [1.54, 1.807) is 37.3 Å². The molecular weight excluding hydrogens is 465 g/mol. The predicted molar refractivity (Wildman–Crippen MR) is 132 cm³/mol.